The maximum Gasteiger partial charge on any atom is 0.231 e. The fourth-order valence-corrected chi connectivity index (χ4v) is 6.36. The number of fused-ring (bicyclic) bond motifs is 1. The van der Waals surface area contributed by atoms with Crippen molar-refractivity contribution in [2.24, 2.45) is 5.92 Å². The Bertz CT molecular complexity index is 1460. The lowest BCUT2D eigenvalue weighted by molar-refractivity contribution is 0.00786. The molecule has 6 heteroatoms. The van der Waals surface area contributed by atoms with E-state index < -0.39 is 5.60 Å². The third kappa shape index (κ3) is 6.40. The van der Waals surface area contributed by atoms with Crippen molar-refractivity contribution in [3.8, 4) is 34.1 Å². The fourth-order valence-electron chi connectivity index (χ4n) is 6.36. The van der Waals surface area contributed by atoms with Crippen LogP contribution in [-0.2, 0) is 13.0 Å². The first kappa shape index (κ1) is 28.5. The zero-order chi connectivity index (χ0) is 28.9. The van der Waals surface area contributed by atoms with Crippen LogP contribution in [0.25, 0.3) is 22.6 Å². The number of ether oxygens (including phenoxy) is 2. The summed E-state index contributed by atoms with van der Waals surface area (Å²) in [5, 5.41) is 14.6. The SMILES string of the molecule is CCCCn1c(-c2ccccc2)nc(-c2ccccc2)c1C(Cc1ccc2c(c1)OCO2)NCC1CCC(C)(O)CC1. The number of unbranched alkanes of at least 4 members (excludes halogenated alkanes) is 1. The van der Waals surface area contributed by atoms with Crippen LogP contribution >= 0.6 is 0 Å². The summed E-state index contributed by atoms with van der Waals surface area (Å²) in [6, 6.07) is 27.5. The highest BCUT2D eigenvalue weighted by atomic mass is 16.7. The van der Waals surface area contributed by atoms with Gasteiger partial charge in [0.2, 0.25) is 6.79 Å². The Morgan fingerprint density at radius 1 is 0.952 bits per heavy atom. The van der Waals surface area contributed by atoms with Gasteiger partial charge >= 0.3 is 0 Å². The number of imidazole rings is 1. The average Bonchev–Trinajstić information content (AvgIpc) is 3.64. The predicted octanol–water partition coefficient (Wildman–Crippen LogP) is 7.56. The van der Waals surface area contributed by atoms with Gasteiger partial charge in [0, 0.05) is 17.7 Å². The van der Waals surface area contributed by atoms with E-state index >= 15 is 0 Å². The van der Waals surface area contributed by atoms with Crippen LogP contribution in [0, 0.1) is 5.92 Å². The van der Waals surface area contributed by atoms with Crippen LogP contribution in [0.4, 0.5) is 0 Å². The monoisotopic (exact) mass is 565 g/mol. The molecule has 6 nitrogen and oxygen atoms in total. The van der Waals surface area contributed by atoms with E-state index in [1.54, 1.807) is 0 Å². The second-order valence-corrected chi connectivity index (χ2v) is 12.2. The molecule has 220 valence electrons. The standard InChI is InChI=1S/C36H43N3O3/c1-3-4-21-39-34(33(28-11-7-5-8-12-28)38-35(39)29-13-9-6-10-14-29)30(37-24-26-17-19-36(2,40)20-18-26)22-27-15-16-31-32(23-27)42-25-41-31/h5-16,23,26,30,37,40H,3-4,17-22,24-25H2,1-2H3. The molecule has 1 fully saturated rings. The molecule has 0 saturated heterocycles. The maximum atomic E-state index is 10.6. The minimum Gasteiger partial charge on any atom is -0.454 e. The third-order valence-electron chi connectivity index (χ3n) is 8.86. The Hall–Kier alpha value is -3.61. The third-order valence-corrected chi connectivity index (χ3v) is 8.86. The number of nitrogens with one attached hydrogen (secondary N) is 1. The van der Waals surface area contributed by atoms with Crippen molar-refractivity contribution in [1.82, 2.24) is 14.9 Å². The van der Waals surface area contributed by atoms with Crippen LogP contribution in [0.2, 0.25) is 0 Å². The molecule has 2 N–H and O–H groups in total. The van der Waals surface area contributed by atoms with E-state index in [0.717, 1.165) is 92.2 Å². The van der Waals surface area contributed by atoms with Gasteiger partial charge in [0.1, 0.15) is 5.82 Å². The molecule has 2 heterocycles. The Labute approximate surface area is 249 Å². The number of rotatable bonds is 11. The van der Waals surface area contributed by atoms with Gasteiger partial charge in [0.05, 0.1) is 23.0 Å². The summed E-state index contributed by atoms with van der Waals surface area (Å²) in [5.74, 6) is 3.17. The second-order valence-electron chi connectivity index (χ2n) is 12.2. The number of hydrogen-bond acceptors (Lipinski definition) is 5. The van der Waals surface area contributed by atoms with Crippen molar-refractivity contribution in [2.75, 3.05) is 13.3 Å². The molecule has 0 spiro atoms. The minimum atomic E-state index is -0.535. The molecule has 1 saturated carbocycles. The van der Waals surface area contributed by atoms with Crippen molar-refractivity contribution in [3.63, 3.8) is 0 Å². The Kier molecular flexibility index (Phi) is 8.63. The number of benzene rings is 3. The van der Waals surface area contributed by atoms with Crippen LogP contribution in [0.5, 0.6) is 11.5 Å². The first-order valence-corrected chi connectivity index (χ1v) is 15.6. The summed E-state index contributed by atoms with van der Waals surface area (Å²) in [6.07, 6.45) is 6.76. The zero-order valence-corrected chi connectivity index (χ0v) is 24.9. The highest BCUT2D eigenvalue weighted by molar-refractivity contribution is 5.69. The Balaban J connectivity index is 1.43. The van der Waals surface area contributed by atoms with Gasteiger partial charge in [0.25, 0.3) is 0 Å². The molecule has 0 amide bonds. The molecule has 6 rings (SSSR count). The largest absolute Gasteiger partial charge is 0.454 e. The van der Waals surface area contributed by atoms with Crippen LogP contribution in [0.15, 0.2) is 78.9 Å². The molecular formula is C36H43N3O3. The average molecular weight is 566 g/mol. The molecule has 4 aromatic rings. The first-order valence-electron chi connectivity index (χ1n) is 15.6. The highest BCUT2D eigenvalue weighted by Crippen LogP contribution is 2.38. The Morgan fingerprint density at radius 2 is 1.64 bits per heavy atom. The van der Waals surface area contributed by atoms with Crippen LogP contribution < -0.4 is 14.8 Å². The van der Waals surface area contributed by atoms with E-state index in [1.807, 2.05) is 13.0 Å². The normalized spacial score (nSPS) is 20.5. The minimum absolute atomic E-state index is 0.0323. The van der Waals surface area contributed by atoms with Gasteiger partial charge in [-0.2, -0.15) is 0 Å². The summed E-state index contributed by atoms with van der Waals surface area (Å²) >= 11 is 0. The molecule has 0 radical (unpaired) electrons. The molecule has 0 bridgehead atoms. The van der Waals surface area contributed by atoms with Gasteiger partial charge in [-0.3, -0.25) is 0 Å². The summed E-state index contributed by atoms with van der Waals surface area (Å²) < 4.78 is 13.8. The summed E-state index contributed by atoms with van der Waals surface area (Å²) in [5.41, 5.74) is 5.20. The van der Waals surface area contributed by atoms with Crippen molar-refractivity contribution in [2.45, 2.75) is 77.0 Å². The van der Waals surface area contributed by atoms with Crippen LogP contribution in [-0.4, -0.2) is 33.6 Å². The van der Waals surface area contributed by atoms with Crippen molar-refractivity contribution >= 4 is 0 Å². The van der Waals surface area contributed by atoms with Gasteiger partial charge < -0.3 is 24.5 Å². The summed E-state index contributed by atoms with van der Waals surface area (Å²) in [4.78, 5) is 5.38. The van der Waals surface area contributed by atoms with E-state index in [2.05, 4.69) is 89.6 Å². The number of hydrogen-bond donors (Lipinski definition) is 2. The smallest absolute Gasteiger partial charge is 0.231 e. The molecule has 1 unspecified atom stereocenters. The molecule has 2 aliphatic rings. The van der Waals surface area contributed by atoms with Crippen LogP contribution in [0.3, 0.4) is 0 Å². The molecular weight excluding hydrogens is 522 g/mol. The van der Waals surface area contributed by atoms with Gasteiger partial charge in [0.15, 0.2) is 11.5 Å². The van der Waals surface area contributed by atoms with E-state index in [0.29, 0.717) is 5.92 Å². The number of nitrogens with zero attached hydrogens (tertiary/aromatic N) is 2. The van der Waals surface area contributed by atoms with E-state index in [4.69, 9.17) is 14.5 Å². The van der Waals surface area contributed by atoms with Crippen molar-refractivity contribution < 1.29 is 14.6 Å². The van der Waals surface area contributed by atoms with E-state index in [-0.39, 0.29) is 12.8 Å². The molecule has 1 aromatic heterocycles. The Morgan fingerprint density at radius 3 is 2.36 bits per heavy atom. The first-order chi connectivity index (χ1) is 20.5. The number of aromatic nitrogens is 2. The van der Waals surface area contributed by atoms with Gasteiger partial charge in [-0.05, 0) is 75.6 Å². The van der Waals surface area contributed by atoms with Crippen LogP contribution in [0.1, 0.15) is 69.7 Å². The lowest BCUT2D eigenvalue weighted by Crippen LogP contribution is -2.36. The summed E-state index contributed by atoms with van der Waals surface area (Å²) in [7, 11) is 0. The highest BCUT2D eigenvalue weighted by Gasteiger charge is 2.31. The van der Waals surface area contributed by atoms with Gasteiger partial charge in [-0.25, -0.2) is 4.98 Å². The van der Waals surface area contributed by atoms with Gasteiger partial charge in [-0.15, -0.1) is 0 Å². The topological polar surface area (TPSA) is 68.5 Å². The fraction of sp³-hybridized carbons (Fsp3) is 0.417. The molecule has 1 atom stereocenters. The predicted molar refractivity (Wildman–Crippen MR) is 168 cm³/mol. The maximum absolute atomic E-state index is 10.6. The van der Waals surface area contributed by atoms with Gasteiger partial charge in [-0.1, -0.05) is 80.1 Å². The second kappa shape index (κ2) is 12.7. The number of aliphatic hydroxyl groups is 1. The lowest BCUT2D eigenvalue weighted by Gasteiger charge is -2.34. The summed E-state index contributed by atoms with van der Waals surface area (Å²) in [6.45, 7) is 6.30. The van der Waals surface area contributed by atoms with E-state index in [9.17, 15) is 5.11 Å². The lowest BCUT2D eigenvalue weighted by atomic mass is 9.80. The zero-order valence-electron chi connectivity index (χ0n) is 24.9. The molecule has 1 aliphatic heterocycles. The van der Waals surface area contributed by atoms with Crippen molar-refractivity contribution in [1.29, 1.82) is 0 Å². The molecule has 1 aliphatic carbocycles. The van der Waals surface area contributed by atoms with E-state index in [1.165, 1.54) is 11.3 Å². The quantitative estimate of drug-likeness (QED) is 0.196. The molecule has 42 heavy (non-hydrogen) atoms. The molecule has 3 aromatic carbocycles. The van der Waals surface area contributed by atoms with Crippen molar-refractivity contribution in [3.05, 3.63) is 90.1 Å².